The topological polar surface area (TPSA) is 96.4 Å². The van der Waals surface area contributed by atoms with Crippen LogP contribution in [-0.4, -0.2) is 57.1 Å². The van der Waals surface area contributed by atoms with E-state index in [9.17, 15) is 4.79 Å². The van der Waals surface area contributed by atoms with Gasteiger partial charge in [-0.1, -0.05) is 28.9 Å². The number of halogens is 1. The minimum absolute atomic E-state index is 0.0465. The van der Waals surface area contributed by atoms with Crippen LogP contribution in [0.3, 0.4) is 0 Å². The van der Waals surface area contributed by atoms with E-state index in [0.29, 0.717) is 23.7 Å². The zero-order chi connectivity index (χ0) is 21.6. The fourth-order valence-corrected chi connectivity index (χ4v) is 3.99. The first-order valence-corrected chi connectivity index (χ1v) is 10.9. The Morgan fingerprint density at radius 3 is 2.81 bits per heavy atom. The van der Waals surface area contributed by atoms with Crippen LogP contribution in [-0.2, 0) is 6.54 Å². The molecular weight excluding hydrogens is 418 g/mol. The summed E-state index contributed by atoms with van der Waals surface area (Å²) in [5, 5.41) is 20.4. The van der Waals surface area contributed by atoms with E-state index in [1.54, 1.807) is 10.9 Å². The van der Waals surface area contributed by atoms with E-state index in [4.69, 9.17) is 21.1 Å². The van der Waals surface area contributed by atoms with Gasteiger partial charge in [-0.15, -0.1) is 5.10 Å². The molecule has 3 aromatic rings. The molecule has 0 aliphatic carbocycles. The molecule has 0 spiro atoms. The van der Waals surface area contributed by atoms with Gasteiger partial charge in [-0.05, 0) is 43.5 Å². The predicted molar refractivity (Wildman–Crippen MR) is 117 cm³/mol. The number of aromatic nitrogens is 3. The number of carbonyl (C=O) groups excluding carboxylic acids is 1. The van der Waals surface area contributed by atoms with Crippen LogP contribution in [0.1, 0.15) is 41.6 Å². The number of likely N-dealkylation sites (tertiary alicyclic amines) is 1. The molecule has 0 radical (unpaired) electrons. The lowest BCUT2D eigenvalue weighted by Gasteiger charge is -2.31. The standard InChI is InChI=1S/C22H26ClN5O3/c23-19-5-2-1-4-18(19)21-7-6-17(31-21)14-27-11-8-16(9-12-27)28-15-20(25-26-28)22(30)24-10-3-13-29/h1-2,4-7,15-16,29H,3,8-14H2,(H,24,30). The van der Waals surface area contributed by atoms with Gasteiger partial charge in [0.2, 0.25) is 0 Å². The van der Waals surface area contributed by atoms with Crippen LogP contribution in [0, 0.1) is 0 Å². The largest absolute Gasteiger partial charge is 0.460 e. The predicted octanol–water partition coefficient (Wildman–Crippen LogP) is 3.14. The van der Waals surface area contributed by atoms with Crippen molar-refractivity contribution < 1.29 is 14.3 Å². The molecule has 0 unspecified atom stereocenters. The third kappa shape index (κ3) is 5.33. The van der Waals surface area contributed by atoms with Crippen molar-refractivity contribution in [1.29, 1.82) is 0 Å². The number of hydrogen-bond acceptors (Lipinski definition) is 6. The van der Waals surface area contributed by atoms with E-state index < -0.39 is 0 Å². The van der Waals surface area contributed by atoms with E-state index in [2.05, 4.69) is 20.5 Å². The van der Waals surface area contributed by atoms with E-state index in [-0.39, 0.29) is 18.6 Å². The number of amides is 1. The van der Waals surface area contributed by atoms with Gasteiger partial charge in [-0.25, -0.2) is 4.68 Å². The zero-order valence-electron chi connectivity index (χ0n) is 17.2. The van der Waals surface area contributed by atoms with Gasteiger partial charge in [-0.3, -0.25) is 9.69 Å². The number of furan rings is 1. The minimum Gasteiger partial charge on any atom is -0.460 e. The van der Waals surface area contributed by atoms with Crippen LogP contribution in [0.2, 0.25) is 5.02 Å². The summed E-state index contributed by atoms with van der Waals surface area (Å²) < 4.78 is 7.81. The fourth-order valence-electron chi connectivity index (χ4n) is 3.76. The Balaban J connectivity index is 1.29. The third-order valence-electron chi connectivity index (χ3n) is 5.48. The van der Waals surface area contributed by atoms with Crippen molar-refractivity contribution in [3.63, 3.8) is 0 Å². The van der Waals surface area contributed by atoms with Gasteiger partial charge < -0.3 is 14.8 Å². The maximum Gasteiger partial charge on any atom is 0.273 e. The second-order valence-electron chi connectivity index (χ2n) is 7.67. The lowest BCUT2D eigenvalue weighted by atomic mass is 10.1. The highest BCUT2D eigenvalue weighted by Gasteiger charge is 2.23. The van der Waals surface area contributed by atoms with E-state index in [1.165, 1.54) is 0 Å². The average molecular weight is 444 g/mol. The minimum atomic E-state index is -0.260. The second kappa shape index (κ2) is 10.1. The summed E-state index contributed by atoms with van der Waals surface area (Å²) in [5.41, 5.74) is 1.21. The molecule has 9 heteroatoms. The van der Waals surface area contributed by atoms with Crippen LogP contribution >= 0.6 is 11.6 Å². The molecule has 31 heavy (non-hydrogen) atoms. The van der Waals surface area contributed by atoms with Gasteiger partial charge >= 0.3 is 0 Å². The van der Waals surface area contributed by atoms with Gasteiger partial charge in [0.05, 0.1) is 23.8 Å². The van der Waals surface area contributed by atoms with E-state index in [1.807, 2.05) is 36.4 Å². The van der Waals surface area contributed by atoms with Gasteiger partial charge in [0.25, 0.3) is 5.91 Å². The summed E-state index contributed by atoms with van der Waals surface area (Å²) in [5.74, 6) is 1.43. The molecule has 8 nitrogen and oxygen atoms in total. The highest BCUT2D eigenvalue weighted by molar-refractivity contribution is 6.33. The second-order valence-corrected chi connectivity index (χ2v) is 8.08. The number of benzene rings is 1. The maximum atomic E-state index is 12.1. The first-order chi connectivity index (χ1) is 15.1. The van der Waals surface area contributed by atoms with Crippen molar-refractivity contribution in [1.82, 2.24) is 25.2 Å². The first kappa shape index (κ1) is 21.5. The van der Waals surface area contributed by atoms with Gasteiger partial charge in [0.15, 0.2) is 5.69 Å². The molecular formula is C22H26ClN5O3. The molecule has 1 amide bonds. The lowest BCUT2D eigenvalue weighted by Crippen LogP contribution is -2.34. The van der Waals surface area contributed by atoms with Gasteiger partial charge in [0.1, 0.15) is 11.5 Å². The molecule has 164 valence electrons. The molecule has 0 bridgehead atoms. The summed E-state index contributed by atoms with van der Waals surface area (Å²) in [7, 11) is 0. The molecule has 1 aliphatic heterocycles. The fraction of sp³-hybridized carbons (Fsp3) is 0.409. The van der Waals surface area contributed by atoms with Crippen molar-refractivity contribution in [3.05, 3.63) is 59.1 Å². The number of aliphatic hydroxyl groups excluding tert-OH is 1. The number of nitrogens with one attached hydrogen (secondary N) is 1. The zero-order valence-corrected chi connectivity index (χ0v) is 18.0. The molecule has 4 rings (SSSR count). The maximum absolute atomic E-state index is 12.1. The molecule has 0 atom stereocenters. The molecule has 1 saturated heterocycles. The lowest BCUT2D eigenvalue weighted by molar-refractivity contribution is 0.0946. The molecule has 3 heterocycles. The number of piperidine rings is 1. The smallest absolute Gasteiger partial charge is 0.273 e. The summed E-state index contributed by atoms with van der Waals surface area (Å²) in [4.78, 5) is 14.4. The van der Waals surface area contributed by atoms with E-state index >= 15 is 0 Å². The summed E-state index contributed by atoms with van der Waals surface area (Å²) in [6.45, 7) is 3.03. The monoisotopic (exact) mass is 443 g/mol. The Hall–Kier alpha value is -2.68. The van der Waals surface area contributed by atoms with Crippen LogP contribution in [0.4, 0.5) is 0 Å². The Bertz CT molecular complexity index is 1010. The average Bonchev–Trinajstić information content (AvgIpc) is 3.45. The normalized spacial score (nSPS) is 15.3. The molecule has 2 aromatic heterocycles. The Labute approximate surface area is 185 Å². The quantitative estimate of drug-likeness (QED) is 0.519. The third-order valence-corrected chi connectivity index (χ3v) is 5.80. The highest BCUT2D eigenvalue weighted by atomic mass is 35.5. The van der Waals surface area contributed by atoms with Gasteiger partial charge in [-0.2, -0.15) is 0 Å². The molecule has 1 aliphatic rings. The number of rotatable bonds is 8. The van der Waals surface area contributed by atoms with Crippen molar-refractivity contribution in [2.75, 3.05) is 26.2 Å². The molecule has 1 fully saturated rings. The summed E-state index contributed by atoms with van der Waals surface area (Å²) in [6, 6.07) is 11.9. The number of hydrogen-bond donors (Lipinski definition) is 2. The SMILES string of the molecule is O=C(NCCCO)c1cn(C2CCN(Cc3ccc(-c4ccccc4Cl)o3)CC2)nn1. The Morgan fingerprint density at radius 2 is 2.03 bits per heavy atom. The van der Waals surface area contributed by atoms with E-state index in [0.717, 1.165) is 49.6 Å². The van der Waals surface area contributed by atoms with Crippen molar-refractivity contribution in [2.45, 2.75) is 31.8 Å². The number of aliphatic hydroxyl groups is 1. The number of carbonyl (C=O) groups is 1. The van der Waals surface area contributed by atoms with Gasteiger partial charge in [0, 0.05) is 31.8 Å². The summed E-state index contributed by atoms with van der Waals surface area (Å²) in [6.07, 6.45) is 4.07. The summed E-state index contributed by atoms with van der Waals surface area (Å²) >= 11 is 6.27. The molecule has 0 saturated carbocycles. The van der Waals surface area contributed by atoms with Crippen LogP contribution in [0.5, 0.6) is 0 Å². The van der Waals surface area contributed by atoms with Crippen LogP contribution < -0.4 is 5.32 Å². The Kier molecular flexibility index (Phi) is 7.01. The first-order valence-electron chi connectivity index (χ1n) is 10.5. The number of nitrogens with zero attached hydrogens (tertiary/aromatic N) is 4. The molecule has 1 aromatic carbocycles. The highest BCUT2D eigenvalue weighted by Crippen LogP contribution is 2.30. The van der Waals surface area contributed by atoms with Crippen molar-refractivity contribution in [2.24, 2.45) is 0 Å². The van der Waals surface area contributed by atoms with Crippen molar-refractivity contribution in [3.8, 4) is 11.3 Å². The van der Waals surface area contributed by atoms with Crippen LogP contribution in [0.15, 0.2) is 47.0 Å². The molecule has 2 N–H and O–H groups in total. The van der Waals surface area contributed by atoms with Crippen molar-refractivity contribution >= 4 is 17.5 Å². The van der Waals surface area contributed by atoms with Crippen LogP contribution in [0.25, 0.3) is 11.3 Å². The Morgan fingerprint density at radius 1 is 1.23 bits per heavy atom.